The third kappa shape index (κ3) is 7.04. The van der Waals surface area contributed by atoms with Crippen LogP contribution < -0.4 is 10.6 Å². The zero-order valence-electron chi connectivity index (χ0n) is 24.6. The second-order valence-electron chi connectivity index (χ2n) is 10.9. The first-order chi connectivity index (χ1) is 20.9. The van der Waals surface area contributed by atoms with Crippen LogP contribution in [0.2, 0.25) is 0 Å². The van der Waals surface area contributed by atoms with Crippen molar-refractivity contribution in [2.24, 2.45) is 5.92 Å². The number of amides is 3. The van der Waals surface area contributed by atoms with Crippen LogP contribution in [0.1, 0.15) is 55.3 Å². The van der Waals surface area contributed by atoms with Crippen LogP contribution in [-0.4, -0.2) is 83.1 Å². The number of pyridine rings is 1. The molecule has 0 saturated heterocycles. The standard InChI is InChI=1S/C30H37N9O3S/c1-20(2)25-28-34-26(21-9-5-4-6-10-21)36-39(28)17-16-37(30(42)22-11-7-15-38-19-31-35-27(22)38)14-8-12-24(40)32-23(13-18-43-3)29(41)33-25/h4-7,9-11,15,19-20,23,25H,8,12-14,16-18H2,1-3H3,(H,32,40)(H,33,41)/t23-,25+/m0/s1. The Morgan fingerprint density at radius 3 is 2.65 bits per heavy atom. The summed E-state index contributed by atoms with van der Waals surface area (Å²) in [5, 5.41) is 19.1. The van der Waals surface area contributed by atoms with Gasteiger partial charge in [-0.25, -0.2) is 9.67 Å². The molecule has 0 spiro atoms. The van der Waals surface area contributed by atoms with Gasteiger partial charge in [-0.3, -0.25) is 18.8 Å². The van der Waals surface area contributed by atoms with E-state index >= 15 is 0 Å². The minimum absolute atomic E-state index is 0.0244. The molecule has 0 saturated carbocycles. The molecular formula is C30H37N9O3S. The SMILES string of the molecule is CSCC[C@@H]1NC(=O)CCCN(C(=O)c2cccn3cnnc23)CCn2nc(-c3ccccc3)nc2[C@@H](C(C)C)NC1=O. The van der Waals surface area contributed by atoms with E-state index in [4.69, 9.17) is 10.1 Å². The van der Waals surface area contributed by atoms with E-state index in [0.717, 1.165) is 11.3 Å². The number of rotatable bonds is 6. The first kappa shape index (κ1) is 30.2. The van der Waals surface area contributed by atoms with Gasteiger partial charge in [-0.05, 0) is 42.9 Å². The molecule has 2 atom stereocenters. The fraction of sp³-hybridized carbons (Fsp3) is 0.433. The molecule has 5 rings (SSSR count). The van der Waals surface area contributed by atoms with Gasteiger partial charge in [0.05, 0.1) is 18.2 Å². The predicted molar refractivity (Wildman–Crippen MR) is 164 cm³/mol. The highest BCUT2D eigenvalue weighted by atomic mass is 32.2. The molecular weight excluding hydrogens is 566 g/mol. The van der Waals surface area contributed by atoms with E-state index < -0.39 is 12.1 Å². The molecule has 12 nitrogen and oxygen atoms in total. The van der Waals surface area contributed by atoms with Crippen molar-refractivity contribution in [1.82, 2.24) is 44.9 Å². The molecule has 13 heteroatoms. The summed E-state index contributed by atoms with van der Waals surface area (Å²) in [4.78, 5) is 47.1. The zero-order valence-corrected chi connectivity index (χ0v) is 25.5. The highest BCUT2D eigenvalue weighted by Crippen LogP contribution is 2.25. The Morgan fingerprint density at radius 2 is 1.88 bits per heavy atom. The van der Waals surface area contributed by atoms with Gasteiger partial charge < -0.3 is 15.5 Å². The predicted octanol–water partition coefficient (Wildman–Crippen LogP) is 2.98. The average Bonchev–Trinajstić information content (AvgIpc) is 3.66. The molecule has 4 aromatic rings. The lowest BCUT2D eigenvalue weighted by atomic mass is 10.0. The van der Waals surface area contributed by atoms with Crippen molar-refractivity contribution >= 4 is 35.1 Å². The molecule has 1 aliphatic heterocycles. The Bertz CT molecular complexity index is 1570. The van der Waals surface area contributed by atoms with E-state index in [0.29, 0.717) is 55.3 Å². The molecule has 0 aliphatic carbocycles. The van der Waals surface area contributed by atoms with Crippen LogP contribution in [0.3, 0.4) is 0 Å². The fourth-order valence-corrected chi connectivity index (χ4v) is 5.63. The molecule has 3 aromatic heterocycles. The number of thioether (sulfide) groups is 1. The number of benzene rings is 1. The molecule has 0 fully saturated rings. The third-order valence-corrected chi connectivity index (χ3v) is 8.14. The molecule has 43 heavy (non-hydrogen) atoms. The Morgan fingerprint density at radius 1 is 1.07 bits per heavy atom. The minimum atomic E-state index is -0.683. The topological polar surface area (TPSA) is 139 Å². The molecule has 3 amide bonds. The van der Waals surface area contributed by atoms with Crippen molar-refractivity contribution in [3.8, 4) is 11.4 Å². The largest absolute Gasteiger partial charge is 0.344 e. The summed E-state index contributed by atoms with van der Waals surface area (Å²) < 4.78 is 3.50. The summed E-state index contributed by atoms with van der Waals surface area (Å²) in [6.45, 7) is 5.03. The molecule has 1 aliphatic rings. The maximum Gasteiger partial charge on any atom is 0.257 e. The Kier molecular flexibility index (Phi) is 9.70. The van der Waals surface area contributed by atoms with Crippen LogP contribution in [0.25, 0.3) is 17.0 Å². The number of aromatic nitrogens is 6. The van der Waals surface area contributed by atoms with Gasteiger partial charge in [0.2, 0.25) is 11.8 Å². The van der Waals surface area contributed by atoms with E-state index in [1.165, 1.54) is 0 Å². The molecule has 2 N–H and O–H groups in total. The van der Waals surface area contributed by atoms with E-state index in [1.54, 1.807) is 50.4 Å². The fourth-order valence-electron chi connectivity index (χ4n) is 5.16. The summed E-state index contributed by atoms with van der Waals surface area (Å²) in [6, 6.07) is 12.0. The van der Waals surface area contributed by atoms with Crippen LogP contribution in [0, 0.1) is 5.92 Å². The van der Waals surface area contributed by atoms with Gasteiger partial charge in [-0.2, -0.15) is 16.9 Å². The zero-order chi connectivity index (χ0) is 30.3. The first-order valence-electron chi connectivity index (χ1n) is 14.5. The average molecular weight is 604 g/mol. The van der Waals surface area contributed by atoms with Crippen molar-refractivity contribution in [2.45, 2.75) is 51.7 Å². The summed E-state index contributed by atoms with van der Waals surface area (Å²) in [6.07, 6.45) is 6.43. The van der Waals surface area contributed by atoms with Crippen LogP contribution in [0.5, 0.6) is 0 Å². The number of hydrogen-bond donors (Lipinski definition) is 2. The molecule has 4 heterocycles. The van der Waals surface area contributed by atoms with Crippen molar-refractivity contribution in [3.63, 3.8) is 0 Å². The van der Waals surface area contributed by atoms with E-state index in [2.05, 4.69) is 20.8 Å². The number of nitrogens with one attached hydrogen (secondary N) is 2. The number of fused-ring (bicyclic) bond motifs is 2. The number of nitrogens with zero attached hydrogens (tertiary/aromatic N) is 7. The number of carbonyl (C=O) groups excluding carboxylic acids is 3. The van der Waals surface area contributed by atoms with Crippen molar-refractivity contribution < 1.29 is 14.4 Å². The van der Waals surface area contributed by atoms with E-state index in [9.17, 15) is 14.4 Å². The van der Waals surface area contributed by atoms with Crippen molar-refractivity contribution in [1.29, 1.82) is 0 Å². The Hall–Kier alpha value is -4.26. The van der Waals surface area contributed by atoms with Crippen molar-refractivity contribution in [3.05, 3.63) is 66.4 Å². The minimum Gasteiger partial charge on any atom is -0.344 e. The second kappa shape index (κ2) is 13.8. The molecule has 0 radical (unpaired) electrons. The van der Waals surface area contributed by atoms with Crippen LogP contribution in [-0.2, 0) is 16.1 Å². The molecule has 226 valence electrons. The monoisotopic (exact) mass is 603 g/mol. The van der Waals surface area contributed by atoms with Gasteiger partial charge in [0.15, 0.2) is 17.3 Å². The van der Waals surface area contributed by atoms with Gasteiger partial charge in [-0.1, -0.05) is 44.2 Å². The highest BCUT2D eigenvalue weighted by molar-refractivity contribution is 7.98. The Balaban J connectivity index is 1.53. The Labute approximate surface area is 254 Å². The lowest BCUT2D eigenvalue weighted by Crippen LogP contribution is -2.49. The van der Waals surface area contributed by atoms with Crippen LogP contribution >= 0.6 is 11.8 Å². The third-order valence-electron chi connectivity index (χ3n) is 7.49. The number of carbonyl (C=O) groups is 3. The van der Waals surface area contributed by atoms with Gasteiger partial charge >= 0.3 is 0 Å². The van der Waals surface area contributed by atoms with Gasteiger partial charge in [0, 0.05) is 31.3 Å². The van der Waals surface area contributed by atoms with E-state index in [1.807, 2.05) is 50.4 Å². The van der Waals surface area contributed by atoms with Gasteiger partial charge in [-0.15, -0.1) is 10.2 Å². The molecule has 0 unspecified atom stereocenters. The van der Waals surface area contributed by atoms with Gasteiger partial charge in [0.1, 0.15) is 12.4 Å². The van der Waals surface area contributed by atoms with Gasteiger partial charge in [0.25, 0.3) is 5.91 Å². The normalized spacial score (nSPS) is 18.7. The van der Waals surface area contributed by atoms with Crippen molar-refractivity contribution in [2.75, 3.05) is 25.1 Å². The lowest BCUT2D eigenvalue weighted by molar-refractivity contribution is -0.129. The first-order valence-corrected chi connectivity index (χ1v) is 15.9. The second-order valence-corrected chi connectivity index (χ2v) is 11.9. The number of hydrogen-bond acceptors (Lipinski definition) is 8. The maximum atomic E-state index is 13.9. The molecule has 1 aromatic carbocycles. The summed E-state index contributed by atoms with van der Waals surface area (Å²) in [5.41, 5.74) is 1.75. The molecule has 0 bridgehead atoms. The summed E-state index contributed by atoms with van der Waals surface area (Å²) >= 11 is 1.62. The smallest absolute Gasteiger partial charge is 0.257 e. The maximum absolute atomic E-state index is 13.9. The van der Waals surface area contributed by atoms with E-state index in [-0.39, 0.29) is 30.1 Å². The van der Waals surface area contributed by atoms with Crippen LogP contribution in [0.4, 0.5) is 0 Å². The quantitative estimate of drug-likeness (QED) is 0.343. The van der Waals surface area contributed by atoms with Crippen LogP contribution in [0.15, 0.2) is 55.0 Å². The summed E-state index contributed by atoms with van der Waals surface area (Å²) in [7, 11) is 0. The highest BCUT2D eigenvalue weighted by Gasteiger charge is 2.30. The lowest BCUT2D eigenvalue weighted by Gasteiger charge is -2.28. The summed E-state index contributed by atoms with van der Waals surface area (Å²) in [5.74, 6) is 1.16.